The van der Waals surface area contributed by atoms with E-state index in [1.807, 2.05) is 54.6 Å². The fourth-order valence-corrected chi connectivity index (χ4v) is 2.75. The molecule has 0 heterocycles. The molecule has 0 aliphatic heterocycles. The third-order valence-electron chi connectivity index (χ3n) is 3.03. The summed E-state index contributed by atoms with van der Waals surface area (Å²) in [5.74, 6) is 1.25. The van der Waals surface area contributed by atoms with Crippen LogP contribution in [0.4, 0.5) is 0 Å². The molecule has 3 nitrogen and oxygen atoms in total. The molecule has 122 valence electrons. The van der Waals surface area contributed by atoms with E-state index < -0.39 is 5.56 Å². The smallest absolute Gasteiger partial charge is 0.185 e. The Kier molecular flexibility index (Phi) is 7.46. The predicted molar refractivity (Wildman–Crippen MR) is 96.1 cm³/mol. The summed E-state index contributed by atoms with van der Waals surface area (Å²) >= 11 is 7.14. The zero-order chi connectivity index (χ0) is 16.5. The van der Waals surface area contributed by atoms with Gasteiger partial charge in [0.2, 0.25) is 0 Å². The average Bonchev–Trinajstić information content (AvgIpc) is 2.58. The van der Waals surface area contributed by atoms with E-state index in [2.05, 4.69) is 0 Å². The van der Waals surface area contributed by atoms with Crippen molar-refractivity contribution in [1.29, 1.82) is 0 Å². The van der Waals surface area contributed by atoms with Gasteiger partial charge in [-0.1, -0.05) is 71.9 Å². The van der Waals surface area contributed by atoms with Gasteiger partial charge in [-0.15, -0.1) is 0 Å². The molecule has 2 aromatic carbocycles. The lowest BCUT2D eigenvalue weighted by Crippen LogP contribution is -2.15. The van der Waals surface area contributed by atoms with E-state index in [0.717, 1.165) is 28.6 Å². The van der Waals surface area contributed by atoms with Crippen LogP contribution in [-0.2, 0) is 9.53 Å². The third-order valence-corrected chi connectivity index (χ3v) is 4.37. The molecule has 5 heteroatoms. The van der Waals surface area contributed by atoms with Gasteiger partial charge in [0.15, 0.2) is 5.12 Å². The minimum Gasteiger partial charge on any atom is -0.491 e. The number of ether oxygens (including phenoxy) is 2. The summed E-state index contributed by atoms with van der Waals surface area (Å²) in [6.07, 6.45) is 0. The maximum absolute atomic E-state index is 10.9. The average molecular weight is 351 g/mol. The number of halogens is 1. The number of hydrogen-bond acceptors (Lipinski definition) is 4. The topological polar surface area (TPSA) is 35.5 Å². The van der Waals surface area contributed by atoms with Crippen LogP contribution in [0.15, 0.2) is 54.6 Å². The highest BCUT2D eigenvalue weighted by Crippen LogP contribution is 2.29. The number of benzene rings is 2. The molecule has 0 aliphatic rings. The molecule has 0 N–H and O–H groups in total. The Bertz CT molecular complexity index is 619. The highest BCUT2D eigenvalue weighted by molar-refractivity contribution is 8.13. The Balaban J connectivity index is 1.84. The van der Waals surface area contributed by atoms with Gasteiger partial charge in [0.05, 0.1) is 6.61 Å². The van der Waals surface area contributed by atoms with Crippen LogP contribution in [0, 0.1) is 0 Å². The molecule has 0 spiro atoms. The first-order valence-corrected chi connectivity index (χ1v) is 8.75. The van der Waals surface area contributed by atoms with Crippen molar-refractivity contribution in [3.8, 4) is 16.9 Å². The Labute approximate surface area is 145 Å². The lowest BCUT2D eigenvalue weighted by Gasteiger charge is -2.13. The molecule has 1 atom stereocenters. The van der Waals surface area contributed by atoms with Crippen molar-refractivity contribution >= 4 is 28.5 Å². The summed E-state index contributed by atoms with van der Waals surface area (Å²) in [7, 11) is 0. The van der Waals surface area contributed by atoms with E-state index in [-0.39, 0.29) is 5.12 Å². The second-order valence-corrected chi connectivity index (χ2v) is 6.48. The third kappa shape index (κ3) is 6.26. The zero-order valence-electron chi connectivity index (χ0n) is 12.9. The van der Waals surface area contributed by atoms with E-state index in [4.69, 9.17) is 21.1 Å². The van der Waals surface area contributed by atoms with E-state index in [1.165, 1.54) is 6.92 Å². The maximum Gasteiger partial charge on any atom is 0.185 e. The summed E-state index contributed by atoms with van der Waals surface area (Å²) < 4.78 is 11.2. The number of alkyl halides is 1. The van der Waals surface area contributed by atoms with Crippen LogP contribution in [0.3, 0.4) is 0 Å². The summed E-state index contributed by atoms with van der Waals surface area (Å²) in [6.45, 7) is 2.28. The second kappa shape index (κ2) is 9.60. The van der Waals surface area contributed by atoms with Gasteiger partial charge in [-0.3, -0.25) is 4.79 Å². The first kappa shape index (κ1) is 17.9. The summed E-state index contributed by atoms with van der Waals surface area (Å²) in [5.41, 5.74) is 1.66. The molecular formula is C18H19ClO3S. The van der Waals surface area contributed by atoms with E-state index in [0.29, 0.717) is 19.0 Å². The maximum atomic E-state index is 10.9. The van der Waals surface area contributed by atoms with Crippen molar-refractivity contribution in [2.24, 2.45) is 0 Å². The molecule has 1 unspecified atom stereocenters. The van der Waals surface area contributed by atoms with Gasteiger partial charge in [0, 0.05) is 18.2 Å². The van der Waals surface area contributed by atoms with Crippen molar-refractivity contribution in [1.82, 2.24) is 0 Å². The second-order valence-electron chi connectivity index (χ2n) is 4.79. The van der Waals surface area contributed by atoms with Crippen molar-refractivity contribution in [3.63, 3.8) is 0 Å². The lowest BCUT2D eigenvalue weighted by molar-refractivity contribution is -0.109. The first-order chi connectivity index (χ1) is 11.2. The number of carbonyl (C=O) groups excluding carboxylic acids is 1. The summed E-state index contributed by atoms with van der Waals surface area (Å²) in [4.78, 5) is 10.9. The molecule has 2 rings (SSSR count). The van der Waals surface area contributed by atoms with Gasteiger partial charge in [-0.25, -0.2) is 0 Å². The van der Waals surface area contributed by atoms with Crippen molar-refractivity contribution < 1.29 is 14.3 Å². The largest absolute Gasteiger partial charge is 0.491 e. The lowest BCUT2D eigenvalue weighted by atomic mass is 10.1. The molecule has 0 bridgehead atoms. The highest BCUT2D eigenvalue weighted by Gasteiger charge is 2.08. The standard InChI is InChI=1S/C18H19ClO3S/c1-14(20)23-13-18(19)22-12-11-21-17-10-6-5-9-16(17)15-7-3-2-4-8-15/h2-10,18H,11-13H2,1H3. The zero-order valence-corrected chi connectivity index (χ0v) is 14.5. The Morgan fingerprint density at radius 2 is 1.78 bits per heavy atom. The molecule has 0 amide bonds. The normalized spacial score (nSPS) is 11.9. The summed E-state index contributed by atoms with van der Waals surface area (Å²) in [5, 5.41) is 0.0345. The SMILES string of the molecule is CC(=O)SCC(Cl)OCCOc1ccccc1-c1ccccc1. The Morgan fingerprint density at radius 1 is 1.09 bits per heavy atom. The summed E-state index contributed by atoms with van der Waals surface area (Å²) in [6, 6.07) is 18.0. The number of para-hydroxylation sites is 1. The molecule has 2 aromatic rings. The van der Waals surface area contributed by atoms with Gasteiger partial charge < -0.3 is 9.47 Å². The molecule has 0 aliphatic carbocycles. The fraction of sp³-hybridized carbons (Fsp3) is 0.278. The van der Waals surface area contributed by atoms with Crippen molar-refractivity contribution in [3.05, 3.63) is 54.6 Å². The van der Waals surface area contributed by atoms with Crippen LogP contribution in [0.2, 0.25) is 0 Å². The molecule has 0 radical (unpaired) electrons. The van der Waals surface area contributed by atoms with Gasteiger partial charge in [-0.2, -0.15) is 0 Å². The number of rotatable bonds is 8. The van der Waals surface area contributed by atoms with E-state index in [1.54, 1.807) is 0 Å². The van der Waals surface area contributed by atoms with E-state index in [9.17, 15) is 4.79 Å². The molecule has 0 saturated heterocycles. The van der Waals surface area contributed by atoms with Crippen LogP contribution in [0.5, 0.6) is 5.75 Å². The monoisotopic (exact) mass is 350 g/mol. The number of hydrogen-bond donors (Lipinski definition) is 0. The Morgan fingerprint density at radius 3 is 2.52 bits per heavy atom. The van der Waals surface area contributed by atoms with Crippen LogP contribution in [0.1, 0.15) is 6.92 Å². The van der Waals surface area contributed by atoms with Gasteiger partial charge in [-0.05, 0) is 11.6 Å². The minimum atomic E-state index is -0.489. The first-order valence-electron chi connectivity index (χ1n) is 7.33. The number of thioether (sulfide) groups is 1. The molecule has 0 fully saturated rings. The van der Waals surface area contributed by atoms with Crippen molar-refractivity contribution in [2.45, 2.75) is 12.5 Å². The molecule has 23 heavy (non-hydrogen) atoms. The minimum absolute atomic E-state index is 0.0345. The fourth-order valence-electron chi connectivity index (χ4n) is 2.01. The Hall–Kier alpha value is -1.49. The molecule has 0 saturated carbocycles. The van der Waals surface area contributed by atoms with Crippen LogP contribution in [0.25, 0.3) is 11.1 Å². The van der Waals surface area contributed by atoms with Gasteiger partial charge in [0.25, 0.3) is 0 Å². The van der Waals surface area contributed by atoms with Crippen LogP contribution >= 0.6 is 23.4 Å². The van der Waals surface area contributed by atoms with Crippen LogP contribution < -0.4 is 4.74 Å². The van der Waals surface area contributed by atoms with Crippen molar-refractivity contribution in [2.75, 3.05) is 19.0 Å². The van der Waals surface area contributed by atoms with Crippen LogP contribution in [-0.4, -0.2) is 29.6 Å². The highest BCUT2D eigenvalue weighted by atomic mass is 35.5. The molecular weight excluding hydrogens is 332 g/mol. The quantitative estimate of drug-likeness (QED) is 0.515. The number of carbonyl (C=O) groups is 1. The van der Waals surface area contributed by atoms with Gasteiger partial charge >= 0.3 is 0 Å². The van der Waals surface area contributed by atoms with Gasteiger partial charge in [0.1, 0.15) is 17.9 Å². The van der Waals surface area contributed by atoms with E-state index >= 15 is 0 Å². The molecule has 0 aromatic heterocycles. The predicted octanol–water partition coefficient (Wildman–Crippen LogP) is 4.59.